The van der Waals surface area contributed by atoms with Crippen molar-refractivity contribution in [2.75, 3.05) is 6.54 Å². The number of hydrogen-bond donors (Lipinski definition) is 1. The molecule has 7 nitrogen and oxygen atoms in total. The molecule has 0 fully saturated rings. The SMILES string of the molecule is Cn1ccc(CNC(=O)N2CCc3c(cccc3[N+](=O)[O-])C2)c1. The van der Waals surface area contributed by atoms with Crippen molar-refractivity contribution in [2.24, 2.45) is 7.05 Å². The normalized spacial score (nSPS) is 13.5. The van der Waals surface area contributed by atoms with Crippen LogP contribution in [-0.2, 0) is 26.6 Å². The summed E-state index contributed by atoms with van der Waals surface area (Å²) in [5, 5.41) is 14.0. The molecule has 1 aliphatic heterocycles. The van der Waals surface area contributed by atoms with Crippen molar-refractivity contribution >= 4 is 11.7 Å². The summed E-state index contributed by atoms with van der Waals surface area (Å²) in [6.07, 6.45) is 4.39. The molecule has 1 N–H and O–H groups in total. The number of aromatic nitrogens is 1. The number of urea groups is 1. The second-order valence-electron chi connectivity index (χ2n) is 5.69. The molecular weight excluding hydrogens is 296 g/mol. The quantitative estimate of drug-likeness (QED) is 0.696. The van der Waals surface area contributed by atoms with Gasteiger partial charge >= 0.3 is 6.03 Å². The number of nitrogens with one attached hydrogen (secondary N) is 1. The minimum Gasteiger partial charge on any atom is -0.357 e. The van der Waals surface area contributed by atoms with Crippen LogP contribution in [0.3, 0.4) is 0 Å². The van der Waals surface area contributed by atoms with Crippen molar-refractivity contribution in [3.63, 3.8) is 0 Å². The number of fused-ring (bicyclic) bond motifs is 1. The lowest BCUT2D eigenvalue weighted by atomic mass is 9.98. The van der Waals surface area contributed by atoms with Crippen molar-refractivity contribution in [1.82, 2.24) is 14.8 Å². The summed E-state index contributed by atoms with van der Waals surface area (Å²) in [6.45, 7) is 1.36. The lowest BCUT2D eigenvalue weighted by Gasteiger charge is -2.28. The Hall–Kier alpha value is -2.83. The highest BCUT2D eigenvalue weighted by molar-refractivity contribution is 5.74. The van der Waals surface area contributed by atoms with Gasteiger partial charge in [-0.2, -0.15) is 0 Å². The molecule has 0 saturated heterocycles. The molecule has 3 rings (SSSR count). The van der Waals surface area contributed by atoms with Gasteiger partial charge in [-0.05, 0) is 23.6 Å². The van der Waals surface area contributed by atoms with E-state index in [1.54, 1.807) is 11.0 Å². The smallest absolute Gasteiger partial charge is 0.317 e. The van der Waals surface area contributed by atoms with Gasteiger partial charge in [0.15, 0.2) is 0 Å². The Balaban J connectivity index is 1.66. The molecule has 23 heavy (non-hydrogen) atoms. The first-order valence-electron chi connectivity index (χ1n) is 7.43. The monoisotopic (exact) mass is 314 g/mol. The fourth-order valence-electron chi connectivity index (χ4n) is 2.89. The molecule has 0 radical (unpaired) electrons. The summed E-state index contributed by atoms with van der Waals surface area (Å²) in [5.41, 5.74) is 2.77. The third-order valence-corrected chi connectivity index (χ3v) is 4.06. The molecule has 7 heteroatoms. The van der Waals surface area contributed by atoms with Crippen LogP contribution < -0.4 is 5.32 Å². The van der Waals surface area contributed by atoms with Crippen LogP contribution in [0.1, 0.15) is 16.7 Å². The molecule has 1 aliphatic rings. The molecule has 0 saturated carbocycles. The number of nitrogens with zero attached hydrogens (tertiary/aromatic N) is 3. The van der Waals surface area contributed by atoms with E-state index in [9.17, 15) is 14.9 Å². The molecule has 0 aliphatic carbocycles. The van der Waals surface area contributed by atoms with Gasteiger partial charge in [-0.3, -0.25) is 10.1 Å². The summed E-state index contributed by atoms with van der Waals surface area (Å²) in [5.74, 6) is 0. The number of carbonyl (C=O) groups excluding carboxylic acids is 1. The Morgan fingerprint density at radius 2 is 2.22 bits per heavy atom. The summed E-state index contributed by atoms with van der Waals surface area (Å²) in [4.78, 5) is 24.7. The molecule has 2 aromatic rings. The Kier molecular flexibility index (Phi) is 4.01. The highest BCUT2D eigenvalue weighted by Gasteiger charge is 2.25. The largest absolute Gasteiger partial charge is 0.357 e. The van der Waals surface area contributed by atoms with Gasteiger partial charge in [0.05, 0.1) is 4.92 Å². The third-order valence-electron chi connectivity index (χ3n) is 4.06. The number of aryl methyl sites for hydroxylation is 1. The maximum absolute atomic E-state index is 12.3. The van der Waals surface area contributed by atoms with Crippen molar-refractivity contribution in [2.45, 2.75) is 19.5 Å². The van der Waals surface area contributed by atoms with Crippen LogP contribution in [-0.4, -0.2) is 27.0 Å². The van der Waals surface area contributed by atoms with Crippen LogP contribution in [0.15, 0.2) is 36.7 Å². The summed E-state index contributed by atoms with van der Waals surface area (Å²) in [7, 11) is 1.93. The number of rotatable bonds is 3. The fraction of sp³-hybridized carbons (Fsp3) is 0.312. The van der Waals surface area contributed by atoms with Crippen LogP contribution in [0.4, 0.5) is 10.5 Å². The van der Waals surface area contributed by atoms with E-state index in [1.807, 2.05) is 36.1 Å². The highest BCUT2D eigenvalue weighted by atomic mass is 16.6. The van der Waals surface area contributed by atoms with Gasteiger partial charge in [-0.15, -0.1) is 0 Å². The molecule has 0 bridgehead atoms. The molecule has 120 valence electrons. The first-order valence-corrected chi connectivity index (χ1v) is 7.43. The average Bonchev–Trinajstić information content (AvgIpc) is 2.96. The van der Waals surface area contributed by atoms with Gasteiger partial charge in [0.25, 0.3) is 5.69 Å². The average molecular weight is 314 g/mol. The number of carbonyl (C=O) groups is 1. The summed E-state index contributed by atoms with van der Waals surface area (Å²) in [6, 6.07) is 6.84. The molecule has 2 amide bonds. The van der Waals surface area contributed by atoms with E-state index >= 15 is 0 Å². The lowest BCUT2D eigenvalue weighted by molar-refractivity contribution is -0.385. The first-order chi connectivity index (χ1) is 11.0. The number of nitro benzene ring substituents is 1. The molecule has 1 aromatic heterocycles. The van der Waals surface area contributed by atoms with Gasteiger partial charge in [0.2, 0.25) is 0 Å². The number of benzene rings is 1. The minimum absolute atomic E-state index is 0.145. The standard InChI is InChI=1S/C16H18N4O3/c1-18-7-5-12(10-18)9-17-16(21)19-8-6-14-13(11-19)3-2-4-15(14)20(22)23/h2-5,7,10H,6,8-9,11H2,1H3,(H,17,21). The summed E-state index contributed by atoms with van der Waals surface area (Å²) < 4.78 is 1.93. The van der Waals surface area contributed by atoms with Crippen molar-refractivity contribution < 1.29 is 9.72 Å². The van der Waals surface area contributed by atoms with Crippen LogP contribution in [0.2, 0.25) is 0 Å². The van der Waals surface area contributed by atoms with Crippen LogP contribution in [0.5, 0.6) is 0 Å². The molecule has 1 aromatic carbocycles. The van der Waals surface area contributed by atoms with Crippen LogP contribution in [0, 0.1) is 10.1 Å². The number of hydrogen-bond acceptors (Lipinski definition) is 3. The van der Waals surface area contributed by atoms with E-state index < -0.39 is 0 Å². The Morgan fingerprint density at radius 3 is 2.91 bits per heavy atom. The Morgan fingerprint density at radius 1 is 1.39 bits per heavy atom. The zero-order valence-electron chi connectivity index (χ0n) is 12.9. The van der Waals surface area contributed by atoms with Crippen molar-refractivity contribution in [1.29, 1.82) is 0 Å². The van der Waals surface area contributed by atoms with Crippen molar-refractivity contribution in [3.05, 3.63) is 63.5 Å². The maximum Gasteiger partial charge on any atom is 0.317 e. The van der Waals surface area contributed by atoms with E-state index in [0.717, 1.165) is 16.7 Å². The number of nitro groups is 1. The predicted octanol–water partition coefficient (Wildman–Crippen LogP) is 2.20. The lowest BCUT2D eigenvalue weighted by Crippen LogP contribution is -2.42. The Bertz CT molecular complexity index is 754. The minimum atomic E-state index is -0.357. The molecule has 0 spiro atoms. The zero-order valence-corrected chi connectivity index (χ0v) is 12.9. The molecular formula is C16H18N4O3. The fourth-order valence-corrected chi connectivity index (χ4v) is 2.89. The predicted molar refractivity (Wildman–Crippen MR) is 84.9 cm³/mol. The third kappa shape index (κ3) is 3.18. The zero-order chi connectivity index (χ0) is 16.4. The number of amides is 2. The Labute approximate surface area is 133 Å². The topological polar surface area (TPSA) is 80.4 Å². The highest BCUT2D eigenvalue weighted by Crippen LogP contribution is 2.27. The van der Waals surface area contributed by atoms with Crippen LogP contribution in [0.25, 0.3) is 0 Å². The van der Waals surface area contributed by atoms with Gasteiger partial charge in [0.1, 0.15) is 0 Å². The van der Waals surface area contributed by atoms with Gasteiger partial charge < -0.3 is 14.8 Å². The van der Waals surface area contributed by atoms with E-state index in [1.165, 1.54) is 6.07 Å². The van der Waals surface area contributed by atoms with Crippen LogP contribution >= 0.6 is 0 Å². The summed E-state index contributed by atoms with van der Waals surface area (Å²) >= 11 is 0. The maximum atomic E-state index is 12.3. The van der Waals surface area contributed by atoms with E-state index in [-0.39, 0.29) is 16.6 Å². The second kappa shape index (κ2) is 6.12. The first kappa shape index (κ1) is 15.1. The van der Waals surface area contributed by atoms with Crippen molar-refractivity contribution in [3.8, 4) is 0 Å². The van der Waals surface area contributed by atoms with E-state index in [4.69, 9.17) is 0 Å². The molecule has 0 unspecified atom stereocenters. The molecule has 0 atom stereocenters. The van der Waals surface area contributed by atoms with E-state index in [0.29, 0.717) is 26.1 Å². The van der Waals surface area contributed by atoms with Gasteiger partial charge in [-0.1, -0.05) is 12.1 Å². The van der Waals surface area contributed by atoms with Gasteiger partial charge in [-0.25, -0.2) is 4.79 Å². The van der Waals surface area contributed by atoms with E-state index in [2.05, 4.69) is 5.32 Å². The second-order valence-corrected chi connectivity index (χ2v) is 5.69. The molecule has 2 heterocycles. The van der Waals surface area contributed by atoms with Gasteiger partial charge in [0, 0.05) is 50.7 Å².